The number of unbranched alkanes of at least 4 members (excludes halogenated alkanes) is 17. The topological polar surface area (TPSA) is 59.0 Å². The summed E-state index contributed by atoms with van der Waals surface area (Å²) in [4.78, 5) is 14.9. The van der Waals surface area contributed by atoms with Gasteiger partial charge in [-0.25, -0.2) is 0 Å². The number of aliphatic hydroxyl groups is 1. The van der Waals surface area contributed by atoms with Crippen molar-refractivity contribution in [3.05, 3.63) is 0 Å². The van der Waals surface area contributed by atoms with E-state index in [1.807, 2.05) is 0 Å². The highest BCUT2D eigenvalue weighted by molar-refractivity contribution is 5.69. The largest absolute Gasteiger partial charge is 0.459 e. The molecule has 1 rings (SSSR count). The number of esters is 1. The average molecular weight is 540 g/mol. The number of carbonyl (C=O) groups excluding carboxylic acids is 1. The monoisotopic (exact) mass is 539 g/mol. The maximum absolute atomic E-state index is 12.6. The highest BCUT2D eigenvalue weighted by atomic mass is 16.6. The molecule has 1 aliphatic carbocycles. The Kier molecular flexibility index (Phi) is 24.7. The molecular weight excluding hydrogens is 474 g/mol. The maximum Gasteiger partial charge on any atom is 0.306 e. The maximum atomic E-state index is 12.6. The molecule has 0 heterocycles. The zero-order valence-electron chi connectivity index (χ0n) is 25.6. The molecule has 0 aliphatic heterocycles. The molecule has 5 heteroatoms. The highest BCUT2D eigenvalue weighted by Gasteiger charge is 2.28. The van der Waals surface area contributed by atoms with E-state index in [-0.39, 0.29) is 18.7 Å². The fourth-order valence-corrected chi connectivity index (χ4v) is 5.42. The van der Waals surface area contributed by atoms with Crippen LogP contribution in [-0.4, -0.2) is 61.0 Å². The van der Waals surface area contributed by atoms with Crippen LogP contribution in [0.4, 0.5) is 0 Å². The summed E-state index contributed by atoms with van der Waals surface area (Å²) >= 11 is 0. The van der Waals surface area contributed by atoms with E-state index in [0.717, 1.165) is 25.9 Å². The lowest BCUT2D eigenvalue weighted by atomic mass is 9.91. The molecule has 1 N–H and O–H groups in total. The van der Waals surface area contributed by atoms with E-state index in [1.54, 1.807) is 0 Å². The van der Waals surface area contributed by atoms with Gasteiger partial charge in [0.1, 0.15) is 6.10 Å². The van der Waals surface area contributed by atoms with E-state index in [2.05, 4.69) is 18.7 Å². The van der Waals surface area contributed by atoms with Gasteiger partial charge in [0.15, 0.2) is 0 Å². The van der Waals surface area contributed by atoms with Gasteiger partial charge in [-0.15, -0.1) is 0 Å². The van der Waals surface area contributed by atoms with Crippen molar-refractivity contribution in [3.63, 3.8) is 0 Å². The summed E-state index contributed by atoms with van der Waals surface area (Å²) in [7, 11) is 0. The Bertz CT molecular complexity index is 511. The van der Waals surface area contributed by atoms with Crippen molar-refractivity contribution >= 4 is 5.97 Å². The first-order valence-electron chi connectivity index (χ1n) is 16.8. The number of rotatable bonds is 29. The third-order valence-electron chi connectivity index (χ3n) is 8.14. The van der Waals surface area contributed by atoms with Gasteiger partial charge in [0.2, 0.25) is 0 Å². The predicted octanol–water partition coefficient (Wildman–Crippen LogP) is 8.60. The first-order chi connectivity index (χ1) is 18.7. The third kappa shape index (κ3) is 20.3. The summed E-state index contributed by atoms with van der Waals surface area (Å²) < 4.78 is 11.9. The lowest BCUT2D eigenvalue weighted by molar-refractivity contribution is -0.154. The van der Waals surface area contributed by atoms with E-state index >= 15 is 0 Å². The number of hydrogen-bond acceptors (Lipinski definition) is 5. The van der Waals surface area contributed by atoms with Gasteiger partial charge in [-0.1, -0.05) is 129 Å². The summed E-state index contributed by atoms with van der Waals surface area (Å²) in [6.45, 7) is 7.21. The van der Waals surface area contributed by atoms with Crippen LogP contribution in [0.5, 0.6) is 0 Å². The summed E-state index contributed by atoms with van der Waals surface area (Å²) in [6, 6.07) is 0.516. The standard InChI is InChI=1S/C33H65NO4/c1-3-5-7-9-11-13-15-17-19-21-28-37-30-32(29-34(26-27-35)31-23-22-24-31)38-33(36)25-20-18-16-14-12-10-8-6-4-2/h31-32,35H,3-30H2,1-2H3. The molecule has 1 unspecified atom stereocenters. The lowest BCUT2D eigenvalue weighted by Gasteiger charge is -2.38. The average Bonchev–Trinajstić information content (AvgIpc) is 2.87. The number of carbonyl (C=O) groups is 1. The smallest absolute Gasteiger partial charge is 0.306 e. The quantitative estimate of drug-likeness (QED) is 0.0761. The van der Waals surface area contributed by atoms with Gasteiger partial charge in [0, 0.05) is 32.2 Å². The minimum Gasteiger partial charge on any atom is -0.459 e. The molecule has 0 spiro atoms. The molecule has 5 nitrogen and oxygen atoms in total. The summed E-state index contributed by atoms with van der Waals surface area (Å²) in [6.07, 6.45) is 28.3. The number of hydrogen-bond donors (Lipinski definition) is 1. The molecular formula is C33H65NO4. The molecule has 1 saturated carbocycles. The zero-order valence-corrected chi connectivity index (χ0v) is 25.6. The van der Waals surface area contributed by atoms with Crippen molar-refractivity contribution in [2.24, 2.45) is 0 Å². The number of aliphatic hydroxyl groups excluding tert-OH is 1. The van der Waals surface area contributed by atoms with Crippen molar-refractivity contribution in [1.29, 1.82) is 0 Å². The van der Waals surface area contributed by atoms with Crippen LogP contribution in [0.15, 0.2) is 0 Å². The summed E-state index contributed by atoms with van der Waals surface area (Å²) in [5, 5.41) is 9.56. The molecule has 0 aromatic heterocycles. The third-order valence-corrected chi connectivity index (χ3v) is 8.14. The number of nitrogens with zero attached hydrogens (tertiary/aromatic N) is 1. The van der Waals surface area contributed by atoms with E-state index in [4.69, 9.17) is 9.47 Å². The van der Waals surface area contributed by atoms with Crippen molar-refractivity contribution in [1.82, 2.24) is 4.90 Å². The first kappa shape index (κ1) is 35.4. The summed E-state index contributed by atoms with van der Waals surface area (Å²) in [5.74, 6) is -0.0851. The van der Waals surface area contributed by atoms with Gasteiger partial charge >= 0.3 is 5.97 Å². The highest BCUT2D eigenvalue weighted by Crippen LogP contribution is 2.25. The van der Waals surface area contributed by atoms with Crippen molar-refractivity contribution in [2.45, 2.75) is 174 Å². The second-order valence-electron chi connectivity index (χ2n) is 11.8. The number of ether oxygens (including phenoxy) is 2. The van der Waals surface area contributed by atoms with Crippen LogP contribution in [0.2, 0.25) is 0 Å². The van der Waals surface area contributed by atoms with Crippen LogP contribution < -0.4 is 0 Å². The van der Waals surface area contributed by atoms with Crippen LogP contribution in [0.25, 0.3) is 0 Å². The Labute approximate surface area is 236 Å². The molecule has 1 fully saturated rings. The molecule has 38 heavy (non-hydrogen) atoms. The van der Waals surface area contributed by atoms with E-state index in [9.17, 15) is 9.90 Å². The molecule has 0 amide bonds. The fraction of sp³-hybridized carbons (Fsp3) is 0.970. The van der Waals surface area contributed by atoms with Crippen LogP contribution in [0, 0.1) is 0 Å². The Morgan fingerprint density at radius 3 is 1.74 bits per heavy atom. The SMILES string of the molecule is CCCCCCCCCCCCOCC(CN(CCO)C1CCC1)OC(=O)CCCCCCCCCCC. The second kappa shape index (κ2) is 26.6. The van der Waals surface area contributed by atoms with E-state index in [1.165, 1.54) is 122 Å². The second-order valence-corrected chi connectivity index (χ2v) is 11.8. The van der Waals surface area contributed by atoms with Gasteiger partial charge in [-0.05, 0) is 25.7 Å². The summed E-state index contributed by atoms with van der Waals surface area (Å²) in [5.41, 5.74) is 0. The van der Waals surface area contributed by atoms with E-state index < -0.39 is 0 Å². The molecule has 0 radical (unpaired) electrons. The van der Waals surface area contributed by atoms with Gasteiger partial charge in [-0.3, -0.25) is 9.69 Å². The van der Waals surface area contributed by atoms with Crippen molar-refractivity contribution < 1.29 is 19.4 Å². The molecule has 0 saturated heterocycles. The molecule has 0 aromatic rings. The lowest BCUT2D eigenvalue weighted by Crippen LogP contribution is -2.47. The Morgan fingerprint density at radius 2 is 1.26 bits per heavy atom. The van der Waals surface area contributed by atoms with Crippen molar-refractivity contribution in [2.75, 3.05) is 32.9 Å². The van der Waals surface area contributed by atoms with Crippen LogP contribution in [-0.2, 0) is 14.3 Å². The normalized spacial score (nSPS) is 14.6. The zero-order chi connectivity index (χ0) is 27.5. The van der Waals surface area contributed by atoms with Crippen LogP contribution in [0.1, 0.15) is 162 Å². The fourth-order valence-electron chi connectivity index (χ4n) is 5.42. The minimum absolute atomic E-state index is 0.0851. The Hall–Kier alpha value is -0.650. The molecule has 1 atom stereocenters. The molecule has 0 aromatic carbocycles. The predicted molar refractivity (Wildman–Crippen MR) is 161 cm³/mol. The minimum atomic E-state index is -0.240. The molecule has 0 bridgehead atoms. The van der Waals surface area contributed by atoms with Crippen molar-refractivity contribution in [3.8, 4) is 0 Å². The van der Waals surface area contributed by atoms with Gasteiger partial charge < -0.3 is 14.6 Å². The van der Waals surface area contributed by atoms with Gasteiger partial charge in [-0.2, -0.15) is 0 Å². The van der Waals surface area contributed by atoms with E-state index in [0.29, 0.717) is 32.2 Å². The van der Waals surface area contributed by atoms with Crippen LogP contribution >= 0.6 is 0 Å². The Balaban J connectivity index is 2.24. The molecule has 226 valence electrons. The van der Waals surface area contributed by atoms with Crippen LogP contribution in [0.3, 0.4) is 0 Å². The molecule has 1 aliphatic rings. The Morgan fingerprint density at radius 1 is 0.763 bits per heavy atom. The first-order valence-corrected chi connectivity index (χ1v) is 16.8. The van der Waals surface area contributed by atoms with Gasteiger partial charge in [0.05, 0.1) is 13.2 Å². The van der Waals surface area contributed by atoms with Gasteiger partial charge in [0.25, 0.3) is 0 Å².